The second-order valence-electron chi connectivity index (χ2n) is 10.9. The van der Waals surface area contributed by atoms with Gasteiger partial charge in [-0.1, -0.05) is 54.6 Å². The smallest absolute Gasteiger partial charge is 0.139 e. The lowest BCUT2D eigenvalue weighted by Crippen LogP contribution is -2.33. The Labute approximate surface area is 247 Å². The molecule has 1 heterocycles. The highest BCUT2D eigenvalue weighted by molar-refractivity contribution is 8.00. The summed E-state index contributed by atoms with van der Waals surface area (Å²) < 4.78 is 26.1. The van der Waals surface area contributed by atoms with Gasteiger partial charge < -0.3 is 18.7 Å². The third-order valence-electron chi connectivity index (χ3n) is 7.45. The van der Waals surface area contributed by atoms with Gasteiger partial charge >= 0.3 is 0 Å². The molecule has 1 saturated heterocycles. The fourth-order valence-corrected chi connectivity index (χ4v) is 7.95. The van der Waals surface area contributed by atoms with Crippen LogP contribution in [0.2, 0.25) is 0 Å². The molecule has 40 heavy (non-hydrogen) atoms. The Morgan fingerprint density at radius 2 is 1.35 bits per heavy atom. The summed E-state index contributed by atoms with van der Waals surface area (Å²) in [7, 11) is 5.88. The van der Waals surface area contributed by atoms with Crippen LogP contribution < -0.4 is 9.47 Å². The SMILES string of the molecule is BC1CC(OPN(C(C)C)C(C)C)C(CSC(c2ccccc2)(c2ccc(OC)cc2)c2ccc(OC)cc2)O1. The summed E-state index contributed by atoms with van der Waals surface area (Å²) in [5, 5.41) is 0. The molecular formula is C32H43BNO4PS. The van der Waals surface area contributed by atoms with Gasteiger partial charge in [0.2, 0.25) is 0 Å². The molecule has 0 radical (unpaired) electrons. The molecule has 0 bridgehead atoms. The van der Waals surface area contributed by atoms with Crippen LogP contribution >= 0.6 is 20.7 Å². The van der Waals surface area contributed by atoms with Gasteiger partial charge in [-0.2, -0.15) is 0 Å². The molecule has 4 rings (SSSR count). The van der Waals surface area contributed by atoms with Crippen LogP contribution in [0.5, 0.6) is 11.5 Å². The van der Waals surface area contributed by atoms with Gasteiger partial charge in [0, 0.05) is 23.8 Å². The number of thioether (sulfide) groups is 1. The van der Waals surface area contributed by atoms with E-state index in [1.165, 1.54) is 16.7 Å². The van der Waals surface area contributed by atoms with Crippen LogP contribution in [-0.2, 0) is 14.0 Å². The van der Waals surface area contributed by atoms with Crippen molar-refractivity contribution in [3.05, 3.63) is 95.6 Å². The van der Waals surface area contributed by atoms with Crippen LogP contribution in [0.1, 0.15) is 50.8 Å². The third kappa shape index (κ3) is 7.06. The fourth-order valence-electron chi connectivity index (χ4n) is 5.41. The van der Waals surface area contributed by atoms with E-state index in [0.29, 0.717) is 21.0 Å². The van der Waals surface area contributed by atoms with E-state index in [-0.39, 0.29) is 18.2 Å². The average molecular weight is 580 g/mol. The van der Waals surface area contributed by atoms with Gasteiger partial charge in [-0.05, 0) is 75.1 Å². The van der Waals surface area contributed by atoms with Crippen molar-refractivity contribution < 1.29 is 18.7 Å². The molecule has 214 valence electrons. The first-order chi connectivity index (χ1) is 19.3. The van der Waals surface area contributed by atoms with Gasteiger partial charge in [-0.25, -0.2) is 0 Å². The molecule has 0 spiro atoms. The molecule has 0 aromatic heterocycles. The van der Waals surface area contributed by atoms with E-state index in [4.69, 9.17) is 18.7 Å². The van der Waals surface area contributed by atoms with E-state index >= 15 is 0 Å². The van der Waals surface area contributed by atoms with Gasteiger partial charge in [0.1, 0.15) is 19.3 Å². The summed E-state index contributed by atoms with van der Waals surface area (Å²) in [4.78, 5) is 0. The number of benzene rings is 3. The molecule has 3 aromatic rings. The van der Waals surface area contributed by atoms with Gasteiger partial charge in [0.15, 0.2) is 0 Å². The maximum Gasteiger partial charge on any atom is 0.139 e. The first-order valence-corrected chi connectivity index (χ1v) is 16.0. The molecule has 8 heteroatoms. The quantitative estimate of drug-likeness (QED) is 0.131. The van der Waals surface area contributed by atoms with Gasteiger partial charge in [0.25, 0.3) is 0 Å². The van der Waals surface area contributed by atoms with Gasteiger partial charge in [-0.15, -0.1) is 11.8 Å². The lowest BCUT2D eigenvalue weighted by molar-refractivity contribution is 0.0608. The highest BCUT2D eigenvalue weighted by Gasteiger charge is 2.41. The maximum atomic E-state index is 6.60. The molecule has 0 N–H and O–H groups in total. The Bertz CT molecular complexity index is 1120. The van der Waals surface area contributed by atoms with Crippen molar-refractivity contribution in [2.45, 2.75) is 69.2 Å². The van der Waals surface area contributed by atoms with Crippen LogP contribution in [-0.4, -0.2) is 62.8 Å². The van der Waals surface area contributed by atoms with E-state index in [1.807, 2.05) is 36.0 Å². The van der Waals surface area contributed by atoms with E-state index < -0.39 is 4.75 Å². The van der Waals surface area contributed by atoms with E-state index in [1.54, 1.807) is 14.2 Å². The number of hydrogen-bond donors (Lipinski definition) is 0. The minimum atomic E-state index is -0.469. The summed E-state index contributed by atoms with van der Waals surface area (Å²) in [6, 6.07) is 28.7. The summed E-state index contributed by atoms with van der Waals surface area (Å²) in [5.74, 6) is 2.47. The molecule has 0 aliphatic carbocycles. The Morgan fingerprint density at radius 3 is 1.82 bits per heavy atom. The van der Waals surface area contributed by atoms with Crippen molar-refractivity contribution in [3.63, 3.8) is 0 Å². The first-order valence-electron chi connectivity index (χ1n) is 14.1. The Balaban J connectivity index is 1.70. The number of methoxy groups -OCH3 is 2. The van der Waals surface area contributed by atoms with Crippen molar-refractivity contribution in [1.82, 2.24) is 4.67 Å². The normalized spacial score (nSPS) is 19.8. The van der Waals surface area contributed by atoms with Crippen LogP contribution in [0.25, 0.3) is 0 Å². The molecule has 1 aliphatic rings. The first kappa shape index (κ1) is 30.9. The minimum absolute atomic E-state index is 0.00624. The predicted molar refractivity (Wildman–Crippen MR) is 172 cm³/mol. The lowest BCUT2D eigenvalue weighted by Gasteiger charge is -2.37. The van der Waals surface area contributed by atoms with Crippen LogP contribution in [0.3, 0.4) is 0 Å². The molecule has 0 amide bonds. The summed E-state index contributed by atoms with van der Waals surface area (Å²) in [6.45, 7) is 8.93. The summed E-state index contributed by atoms with van der Waals surface area (Å²) in [6.07, 6.45) is 0.959. The minimum Gasteiger partial charge on any atom is -0.497 e. The zero-order chi connectivity index (χ0) is 28.7. The van der Waals surface area contributed by atoms with Crippen molar-refractivity contribution in [1.29, 1.82) is 0 Å². The van der Waals surface area contributed by atoms with Crippen molar-refractivity contribution >= 4 is 28.6 Å². The van der Waals surface area contributed by atoms with Gasteiger partial charge in [0.05, 0.1) is 40.1 Å². The molecule has 1 fully saturated rings. The number of hydrogen-bond acceptors (Lipinski definition) is 6. The molecule has 3 aromatic carbocycles. The Morgan fingerprint density at radius 1 is 0.850 bits per heavy atom. The third-order valence-corrected chi connectivity index (χ3v) is 10.7. The van der Waals surface area contributed by atoms with Gasteiger partial charge in [-0.3, -0.25) is 4.67 Å². The lowest BCUT2D eigenvalue weighted by atomic mass is 9.84. The standard InChI is InChI=1S/C32H43BNO4PS/c1-22(2)34(23(3)4)39-38-29-20-31(33)37-30(29)21-40-32(24-10-8-7-9-11-24,25-12-16-27(35-5)17-13-25)26-14-18-28(36-6)19-15-26/h7-19,22-23,29-31,39H,20-21,33H2,1-6H3. The summed E-state index contributed by atoms with van der Waals surface area (Å²) >= 11 is 1.91. The van der Waals surface area contributed by atoms with E-state index in [9.17, 15) is 0 Å². The highest BCUT2D eigenvalue weighted by Crippen LogP contribution is 2.50. The topological polar surface area (TPSA) is 40.2 Å². The van der Waals surface area contributed by atoms with Crippen molar-refractivity contribution in [2.24, 2.45) is 0 Å². The average Bonchev–Trinajstić information content (AvgIpc) is 3.33. The van der Waals surface area contributed by atoms with E-state index in [0.717, 1.165) is 23.7 Å². The van der Waals surface area contributed by atoms with E-state index in [2.05, 4.69) is 94.8 Å². The number of nitrogens with zero attached hydrogens (tertiary/aromatic N) is 1. The predicted octanol–water partition coefficient (Wildman–Crippen LogP) is 6.49. The number of ether oxygens (including phenoxy) is 3. The molecule has 0 saturated carbocycles. The largest absolute Gasteiger partial charge is 0.497 e. The second kappa shape index (κ2) is 14.2. The van der Waals surface area contributed by atoms with Crippen LogP contribution in [0, 0.1) is 0 Å². The fraction of sp³-hybridized carbons (Fsp3) is 0.438. The maximum absolute atomic E-state index is 6.60. The molecule has 4 atom stereocenters. The highest BCUT2D eigenvalue weighted by atomic mass is 32.2. The van der Waals surface area contributed by atoms with Crippen molar-refractivity contribution in [3.8, 4) is 11.5 Å². The summed E-state index contributed by atoms with van der Waals surface area (Å²) in [5.41, 5.74) is 3.59. The van der Waals surface area contributed by atoms with Crippen LogP contribution in [0.15, 0.2) is 78.9 Å². The molecule has 5 nitrogen and oxygen atoms in total. The Kier molecular flexibility index (Phi) is 11.0. The van der Waals surface area contributed by atoms with Crippen LogP contribution in [0.4, 0.5) is 0 Å². The molecule has 4 unspecified atom stereocenters. The monoisotopic (exact) mass is 579 g/mol. The van der Waals surface area contributed by atoms with Crippen molar-refractivity contribution in [2.75, 3.05) is 20.0 Å². The zero-order valence-electron chi connectivity index (χ0n) is 24.8. The molecule has 1 aliphatic heterocycles. The molecular weight excluding hydrogens is 536 g/mol. The zero-order valence-corrected chi connectivity index (χ0v) is 26.6. The second-order valence-corrected chi connectivity index (χ2v) is 13.0. The number of rotatable bonds is 13. The Hall–Kier alpha value is -2.02.